The summed E-state index contributed by atoms with van der Waals surface area (Å²) >= 11 is 9.46. The Hall–Kier alpha value is -0.870. The predicted molar refractivity (Wildman–Crippen MR) is 75.9 cm³/mol. The van der Waals surface area contributed by atoms with Crippen LogP contribution in [0.2, 0.25) is 5.15 Å². The lowest BCUT2D eigenvalue weighted by molar-refractivity contribution is 0.830. The van der Waals surface area contributed by atoms with Gasteiger partial charge in [0.05, 0.1) is 5.69 Å². The Morgan fingerprint density at radius 1 is 1.33 bits per heavy atom. The molecule has 0 aromatic carbocycles. The van der Waals surface area contributed by atoms with Crippen molar-refractivity contribution in [3.63, 3.8) is 0 Å². The number of nitrogens with zero attached hydrogens (tertiary/aromatic N) is 3. The standard InChI is InChI=1S/C13H13BrClN3/c1-7-9(5-6-10(15)16-7)13-17-12(14)11(18(13)2)8-3-4-8/h5-6,8H,3-4H2,1-2H3. The van der Waals surface area contributed by atoms with E-state index in [0.717, 1.165) is 21.7 Å². The third-order valence-corrected chi connectivity index (χ3v) is 4.15. The maximum absolute atomic E-state index is 5.89. The van der Waals surface area contributed by atoms with E-state index in [0.29, 0.717) is 11.1 Å². The second-order valence-electron chi connectivity index (χ2n) is 4.71. The number of aryl methyl sites for hydroxylation is 1. The smallest absolute Gasteiger partial charge is 0.143 e. The summed E-state index contributed by atoms with van der Waals surface area (Å²) in [5, 5.41) is 0.520. The Balaban J connectivity index is 2.14. The zero-order chi connectivity index (χ0) is 12.9. The third-order valence-electron chi connectivity index (χ3n) is 3.35. The van der Waals surface area contributed by atoms with E-state index in [4.69, 9.17) is 11.6 Å². The zero-order valence-electron chi connectivity index (χ0n) is 10.2. The normalized spacial score (nSPS) is 15.1. The van der Waals surface area contributed by atoms with E-state index < -0.39 is 0 Å². The minimum atomic E-state index is 0.520. The molecule has 2 aromatic rings. The van der Waals surface area contributed by atoms with Gasteiger partial charge in [0, 0.05) is 24.2 Å². The molecule has 0 spiro atoms. The average Bonchev–Trinajstić information content (AvgIpc) is 3.07. The van der Waals surface area contributed by atoms with E-state index in [2.05, 4.69) is 37.5 Å². The molecule has 3 nitrogen and oxygen atoms in total. The monoisotopic (exact) mass is 325 g/mol. The fourth-order valence-electron chi connectivity index (χ4n) is 2.28. The summed E-state index contributed by atoms with van der Waals surface area (Å²) < 4.78 is 3.12. The van der Waals surface area contributed by atoms with Crippen LogP contribution >= 0.6 is 27.5 Å². The van der Waals surface area contributed by atoms with Crippen LogP contribution in [0.3, 0.4) is 0 Å². The minimum absolute atomic E-state index is 0.520. The highest BCUT2D eigenvalue weighted by molar-refractivity contribution is 9.10. The van der Waals surface area contributed by atoms with Gasteiger partial charge in [0.1, 0.15) is 15.6 Å². The topological polar surface area (TPSA) is 30.7 Å². The van der Waals surface area contributed by atoms with Crippen LogP contribution in [0.1, 0.15) is 30.1 Å². The average molecular weight is 327 g/mol. The van der Waals surface area contributed by atoms with Crippen molar-refractivity contribution in [3.8, 4) is 11.4 Å². The fourth-order valence-corrected chi connectivity index (χ4v) is 3.23. The molecule has 0 bridgehead atoms. The summed E-state index contributed by atoms with van der Waals surface area (Å²) in [5.74, 6) is 1.61. The number of imidazole rings is 1. The lowest BCUT2D eigenvalue weighted by atomic mass is 10.2. The van der Waals surface area contributed by atoms with Crippen LogP contribution in [0.4, 0.5) is 0 Å². The molecule has 94 valence electrons. The molecule has 1 saturated carbocycles. The van der Waals surface area contributed by atoms with Crippen molar-refractivity contribution in [2.45, 2.75) is 25.7 Å². The molecule has 1 aliphatic rings. The largest absolute Gasteiger partial charge is 0.330 e. The van der Waals surface area contributed by atoms with E-state index in [1.807, 2.05) is 19.1 Å². The maximum atomic E-state index is 5.89. The molecule has 0 amide bonds. The van der Waals surface area contributed by atoms with Crippen molar-refractivity contribution in [1.82, 2.24) is 14.5 Å². The second kappa shape index (κ2) is 4.35. The highest BCUT2D eigenvalue weighted by Gasteiger charge is 2.30. The van der Waals surface area contributed by atoms with Crippen molar-refractivity contribution in [2.75, 3.05) is 0 Å². The second-order valence-corrected chi connectivity index (χ2v) is 5.85. The van der Waals surface area contributed by atoms with Crippen LogP contribution in [0, 0.1) is 6.92 Å². The molecule has 0 radical (unpaired) electrons. The Morgan fingerprint density at radius 3 is 2.67 bits per heavy atom. The van der Waals surface area contributed by atoms with Gasteiger partial charge in [-0.1, -0.05) is 11.6 Å². The van der Waals surface area contributed by atoms with E-state index in [-0.39, 0.29) is 0 Å². The molecule has 0 unspecified atom stereocenters. The molecule has 3 rings (SSSR count). The number of aromatic nitrogens is 3. The van der Waals surface area contributed by atoms with E-state index >= 15 is 0 Å². The SMILES string of the molecule is Cc1nc(Cl)ccc1-c1nc(Br)c(C2CC2)n1C. The lowest BCUT2D eigenvalue weighted by Crippen LogP contribution is -1.99. The van der Waals surface area contributed by atoms with Gasteiger partial charge in [0.15, 0.2) is 0 Å². The number of hydrogen-bond acceptors (Lipinski definition) is 2. The summed E-state index contributed by atoms with van der Waals surface area (Å²) in [6.07, 6.45) is 2.52. The molecule has 5 heteroatoms. The van der Waals surface area contributed by atoms with Crippen molar-refractivity contribution in [2.24, 2.45) is 7.05 Å². The van der Waals surface area contributed by atoms with Gasteiger partial charge in [0.25, 0.3) is 0 Å². The Kier molecular flexibility index (Phi) is 2.94. The van der Waals surface area contributed by atoms with Crippen molar-refractivity contribution >= 4 is 27.5 Å². The number of rotatable bonds is 2. The van der Waals surface area contributed by atoms with Crippen LogP contribution < -0.4 is 0 Å². The summed E-state index contributed by atoms with van der Waals surface area (Å²) in [4.78, 5) is 8.92. The van der Waals surface area contributed by atoms with Crippen LogP contribution in [0.25, 0.3) is 11.4 Å². The Bertz CT molecular complexity index is 617. The molecule has 0 aliphatic heterocycles. The predicted octanol–water partition coefficient (Wildman–Crippen LogP) is 4.08. The fraction of sp³-hybridized carbons (Fsp3) is 0.385. The number of hydrogen-bond donors (Lipinski definition) is 0. The van der Waals surface area contributed by atoms with E-state index in [1.54, 1.807) is 0 Å². The zero-order valence-corrected chi connectivity index (χ0v) is 12.6. The van der Waals surface area contributed by atoms with Gasteiger partial charge in [-0.25, -0.2) is 9.97 Å². The lowest BCUT2D eigenvalue weighted by Gasteiger charge is -2.07. The van der Waals surface area contributed by atoms with E-state index in [1.165, 1.54) is 18.5 Å². The molecule has 1 aliphatic carbocycles. The van der Waals surface area contributed by atoms with Crippen molar-refractivity contribution in [3.05, 3.63) is 33.3 Å². The maximum Gasteiger partial charge on any atom is 0.143 e. The van der Waals surface area contributed by atoms with Crippen LogP contribution in [-0.4, -0.2) is 14.5 Å². The third kappa shape index (κ3) is 1.97. The van der Waals surface area contributed by atoms with Gasteiger partial charge in [0.2, 0.25) is 0 Å². The highest BCUT2D eigenvalue weighted by Crippen LogP contribution is 2.44. The van der Waals surface area contributed by atoms with Gasteiger partial charge in [-0.15, -0.1) is 0 Å². The first-order valence-electron chi connectivity index (χ1n) is 5.93. The molecular formula is C13H13BrClN3. The quantitative estimate of drug-likeness (QED) is 0.778. The van der Waals surface area contributed by atoms with E-state index in [9.17, 15) is 0 Å². The van der Waals surface area contributed by atoms with Crippen LogP contribution in [0.15, 0.2) is 16.7 Å². The summed E-state index contributed by atoms with van der Waals surface area (Å²) in [7, 11) is 2.06. The summed E-state index contributed by atoms with van der Waals surface area (Å²) in [5.41, 5.74) is 3.24. The van der Waals surface area contributed by atoms with Gasteiger partial charge in [-0.2, -0.15) is 0 Å². The molecule has 0 N–H and O–H groups in total. The summed E-state index contributed by atoms with van der Waals surface area (Å²) in [6.45, 7) is 1.96. The Labute approximate surface area is 119 Å². The molecule has 0 saturated heterocycles. The molecule has 1 fully saturated rings. The molecule has 2 aromatic heterocycles. The van der Waals surface area contributed by atoms with Crippen LogP contribution in [0.5, 0.6) is 0 Å². The number of pyridine rings is 1. The first kappa shape index (κ1) is 12.2. The van der Waals surface area contributed by atoms with Crippen molar-refractivity contribution in [1.29, 1.82) is 0 Å². The highest BCUT2D eigenvalue weighted by atomic mass is 79.9. The van der Waals surface area contributed by atoms with Crippen LogP contribution in [-0.2, 0) is 7.05 Å². The number of halogens is 2. The van der Waals surface area contributed by atoms with Gasteiger partial charge < -0.3 is 4.57 Å². The molecule has 18 heavy (non-hydrogen) atoms. The van der Waals surface area contributed by atoms with Gasteiger partial charge >= 0.3 is 0 Å². The molecular weight excluding hydrogens is 314 g/mol. The van der Waals surface area contributed by atoms with Gasteiger partial charge in [-0.3, -0.25) is 0 Å². The van der Waals surface area contributed by atoms with Crippen molar-refractivity contribution < 1.29 is 0 Å². The molecule has 2 heterocycles. The minimum Gasteiger partial charge on any atom is -0.330 e. The van der Waals surface area contributed by atoms with Gasteiger partial charge in [-0.05, 0) is 47.8 Å². The molecule has 0 atom stereocenters. The first-order chi connectivity index (χ1) is 8.58. The first-order valence-corrected chi connectivity index (χ1v) is 7.10. The summed E-state index contributed by atoms with van der Waals surface area (Å²) in [6, 6.07) is 3.79. The Morgan fingerprint density at radius 2 is 2.06 bits per heavy atom.